The van der Waals surface area contributed by atoms with E-state index in [1.54, 1.807) is 0 Å². The van der Waals surface area contributed by atoms with Crippen molar-refractivity contribution in [1.29, 1.82) is 0 Å². The predicted molar refractivity (Wildman–Crippen MR) is 101 cm³/mol. The number of anilines is 1. The molecule has 2 aliphatic heterocycles. The lowest BCUT2D eigenvalue weighted by Gasteiger charge is -2.30. The summed E-state index contributed by atoms with van der Waals surface area (Å²) in [6.07, 6.45) is 6.55. The van der Waals surface area contributed by atoms with Crippen molar-refractivity contribution in [3.8, 4) is 0 Å². The third kappa shape index (κ3) is 2.94. The Morgan fingerprint density at radius 2 is 2.04 bits per heavy atom. The zero-order valence-corrected chi connectivity index (χ0v) is 15.0. The van der Waals surface area contributed by atoms with E-state index in [1.165, 1.54) is 0 Å². The van der Waals surface area contributed by atoms with E-state index in [0.29, 0.717) is 26.3 Å². The van der Waals surface area contributed by atoms with Crippen LogP contribution in [0.2, 0.25) is 0 Å². The first-order chi connectivity index (χ1) is 13.3. The topological polar surface area (TPSA) is 63.0 Å². The molecule has 1 saturated heterocycles. The first-order valence-corrected chi connectivity index (χ1v) is 9.32. The highest BCUT2D eigenvalue weighted by molar-refractivity contribution is 6.03. The van der Waals surface area contributed by atoms with Crippen LogP contribution >= 0.6 is 0 Å². The van der Waals surface area contributed by atoms with Gasteiger partial charge in [-0.2, -0.15) is 0 Å². The van der Waals surface area contributed by atoms with Crippen LogP contribution in [0.25, 0.3) is 5.65 Å². The van der Waals surface area contributed by atoms with Gasteiger partial charge in [0.05, 0.1) is 42.4 Å². The molecule has 0 aromatic carbocycles. The number of hydrogen-bond donors (Lipinski definition) is 0. The van der Waals surface area contributed by atoms with Gasteiger partial charge in [-0.15, -0.1) is 0 Å². The SMILES string of the molecule is O=C1c2c(N3CCOCC3)ccnc2CN1CCc1cn2ccccc2n1. The van der Waals surface area contributed by atoms with Gasteiger partial charge in [-0.25, -0.2) is 4.98 Å². The summed E-state index contributed by atoms with van der Waals surface area (Å²) < 4.78 is 7.45. The number of carbonyl (C=O) groups excluding carboxylic acids is 1. The molecule has 2 aliphatic rings. The highest BCUT2D eigenvalue weighted by atomic mass is 16.5. The Balaban J connectivity index is 1.34. The molecule has 3 aromatic heterocycles. The normalized spacial score (nSPS) is 17.0. The molecule has 0 atom stereocenters. The zero-order chi connectivity index (χ0) is 18.2. The molecule has 0 spiro atoms. The van der Waals surface area contributed by atoms with E-state index >= 15 is 0 Å². The maximum Gasteiger partial charge on any atom is 0.258 e. The third-order valence-electron chi connectivity index (χ3n) is 5.25. The Bertz CT molecular complexity index is 960. The monoisotopic (exact) mass is 363 g/mol. The zero-order valence-electron chi connectivity index (χ0n) is 15.0. The van der Waals surface area contributed by atoms with Crippen LogP contribution in [0.15, 0.2) is 42.9 Å². The molecular weight excluding hydrogens is 342 g/mol. The molecule has 5 rings (SSSR count). The number of nitrogens with zero attached hydrogens (tertiary/aromatic N) is 5. The Kier molecular flexibility index (Phi) is 4.01. The molecule has 7 nitrogen and oxygen atoms in total. The summed E-state index contributed by atoms with van der Waals surface area (Å²) in [7, 11) is 0. The molecule has 138 valence electrons. The van der Waals surface area contributed by atoms with Crippen molar-refractivity contribution in [3.63, 3.8) is 0 Å². The number of ether oxygens (including phenoxy) is 1. The van der Waals surface area contributed by atoms with E-state index in [0.717, 1.165) is 47.8 Å². The number of morpholine rings is 1. The fourth-order valence-electron chi connectivity index (χ4n) is 3.86. The van der Waals surface area contributed by atoms with Crippen molar-refractivity contribution in [2.24, 2.45) is 0 Å². The Morgan fingerprint density at radius 3 is 2.89 bits per heavy atom. The highest BCUT2D eigenvalue weighted by Gasteiger charge is 2.32. The first-order valence-electron chi connectivity index (χ1n) is 9.32. The molecule has 0 aliphatic carbocycles. The maximum atomic E-state index is 13.1. The van der Waals surface area contributed by atoms with Gasteiger partial charge in [-0.3, -0.25) is 9.78 Å². The maximum absolute atomic E-state index is 13.1. The van der Waals surface area contributed by atoms with Crippen molar-refractivity contribution in [2.45, 2.75) is 13.0 Å². The minimum atomic E-state index is 0.0726. The molecule has 5 heterocycles. The van der Waals surface area contributed by atoms with Gasteiger partial charge in [0, 0.05) is 44.6 Å². The molecule has 3 aromatic rings. The minimum Gasteiger partial charge on any atom is -0.378 e. The Labute approximate surface area is 157 Å². The van der Waals surface area contributed by atoms with Gasteiger partial charge in [0.2, 0.25) is 0 Å². The van der Waals surface area contributed by atoms with Crippen LogP contribution in [0.3, 0.4) is 0 Å². The van der Waals surface area contributed by atoms with E-state index < -0.39 is 0 Å². The quantitative estimate of drug-likeness (QED) is 0.707. The highest BCUT2D eigenvalue weighted by Crippen LogP contribution is 2.30. The fraction of sp³-hybridized carbons (Fsp3) is 0.350. The van der Waals surface area contributed by atoms with Crippen LogP contribution < -0.4 is 4.90 Å². The van der Waals surface area contributed by atoms with Gasteiger partial charge >= 0.3 is 0 Å². The molecule has 0 N–H and O–H groups in total. The summed E-state index contributed by atoms with van der Waals surface area (Å²) in [6.45, 7) is 4.23. The number of hydrogen-bond acceptors (Lipinski definition) is 5. The molecule has 0 bridgehead atoms. The van der Waals surface area contributed by atoms with E-state index in [-0.39, 0.29) is 5.91 Å². The Hall–Kier alpha value is -2.93. The van der Waals surface area contributed by atoms with Gasteiger partial charge < -0.3 is 18.9 Å². The predicted octanol–water partition coefficient (Wildman–Crippen LogP) is 1.76. The number of pyridine rings is 2. The summed E-state index contributed by atoms with van der Waals surface area (Å²) >= 11 is 0. The number of fused-ring (bicyclic) bond motifs is 2. The van der Waals surface area contributed by atoms with Crippen LogP contribution in [0.4, 0.5) is 5.69 Å². The first kappa shape index (κ1) is 16.3. The van der Waals surface area contributed by atoms with Gasteiger partial charge in [0.15, 0.2) is 0 Å². The average molecular weight is 363 g/mol. The summed E-state index contributed by atoms with van der Waals surface area (Å²) in [5, 5.41) is 0. The molecule has 1 amide bonds. The summed E-state index contributed by atoms with van der Waals surface area (Å²) in [4.78, 5) is 26.3. The second-order valence-electron chi connectivity index (χ2n) is 6.93. The molecule has 0 unspecified atom stereocenters. The summed E-state index contributed by atoms with van der Waals surface area (Å²) in [6, 6.07) is 7.90. The molecular formula is C20H21N5O2. The summed E-state index contributed by atoms with van der Waals surface area (Å²) in [5.41, 5.74) is 4.54. The van der Waals surface area contributed by atoms with Crippen LogP contribution in [0.5, 0.6) is 0 Å². The third-order valence-corrected chi connectivity index (χ3v) is 5.25. The molecule has 0 saturated carbocycles. The van der Waals surface area contributed by atoms with Crippen molar-refractivity contribution in [3.05, 3.63) is 59.8 Å². The van der Waals surface area contributed by atoms with E-state index in [4.69, 9.17) is 4.74 Å². The summed E-state index contributed by atoms with van der Waals surface area (Å²) in [5.74, 6) is 0.0726. The second-order valence-corrected chi connectivity index (χ2v) is 6.93. The molecule has 1 fully saturated rings. The van der Waals surface area contributed by atoms with Gasteiger partial charge in [-0.05, 0) is 18.2 Å². The number of carbonyl (C=O) groups is 1. The number of rotatable bonds is 4. The lowest BCUT2D eigenvalue weighted by molar-refractivity contribution is 0.0779. The number of aromatic nitrogens is 3. The lowest BCUT2D eigenvalue weighted by atomic mass is 10.1. The fourth-order valence-corrected chi connectivity index (χ4v) is 3.86. The average Bonchev–Trinajstić information content (AvgIpc) is 3.27. The van der Waals surface area contributed by atoms with Gasteiger partial charge in [0.1, 0.15) is 5.65 Å². The molecule has 0 radical (unpaired) electrons. The van der Waals surface area contributed by atoms with Crippen LogP contribution in [-0.4, -0.2) is 58.0 Å². The smallest absolute Gasteiger partial charge is 0.258 e. The second kappa shape index (κ2) is 6.66. The largest absolute Gasteiger partial charge is 0.378 e. The van der Waals surface area contributed by atoms with Crippen molar-refractivity contribution < 1.29 is 9.53 Å². The van der Waals surface area contributed by atoms with Gasteiger partial charge in [-0.1, -0.05) is 6.07 Å². The van der Waals surface area contributed by atoms with Crippen LogP contribution in [-0.2, 0) is 17.7 Å². The number of imidazole rings is 1. The molecule has 7 heteroatoms. The van der Waals surface area contributed by atoms with Crippen molar-refractivity contribution in [2.75, 3.05) is 37.7 Å². The number of amides is 1. The lowest BCUT2D eigenvalue weighted by Crippen LogP contribution is -2.37. The van der Waals surface area contributed by atoms with Crippen molar-refractivity contribution in [1.82, 2.24) is 19.3 Å². The minimum absolute atomic E-state index is 0.0726. The van der Waals surface area contributed by atoms with Crippen LogP contribution in [0.1, 0.15) is 21.7 Å². The van der Waals surface area contributed by atoms with E-state index in [9.17, 15) is 4.79 Å². The van der Waals surface area contributed by atoms with E-state index in [1.807, 2.05) is 52.2 Å². The van der Waals surface area contributed by atoms with Crippen LogP contribution in [0, 0.1) is 0 Å². The Morgan fingerprint density at radius 1 is 1.15 bits per heavy atom. The van der Waals surface area contributed by atoms with Gasteiger partial charge in [0.25, 0.3) is 5.91 Å². The van der Waals surface area contributed by atoms with Crippen molar-refractivity contribution >= 4 is 17.2 Å². The molecule has 27 heavy (non-hydrogen) atoms. The van der Waals surface area contributed by atoms with E-state index in [2.05, 4.69) is 14.9 Å². The standard InChI is InChI=1S/C20H21N5O2/c26-20-19-16(21-6-4-17(19)23-9-11-27-12-10-23)14-25(20)8-5-15-13-24-7-2-1-3-18(24)22-15/h1-4,6-7,13H,5,8-12,14H2.